The van der Waals surface area contributed by atoms with Crippen LogP contribution in [-0.4, -0.2) is 13.6 Å². The Bertz CT molecular complexity index is 372. The van der Waals surface area contributed by atoms with E-state index in [2.05, 4.69) is 5.32 Å². The standard InChI is InChI=1S/C12H16F3NS/c1-16-5-8-3-2-4-9(8)10-6-17-7-11(10)12(13,14)15/h6-9,16H,2-5H2,1H3. The number of halogens is 3. The fourth-order valence-corrected chi connectivity index (χ4v) is 3.70. The molecule has 0 radical (unpaired) electrons. The topological polar surface area (TPSA) is 12.0 Å². The fraction of sp³-hybridized carbons (Fsp3) is 0.667. The van der Waals surface area contributed by atoms with Crippen molar-refractivity contribution in [1.29, 1.82) is 0 Å². The first-order valence-electron chi connectivity index (χ1n) is 5.82. The first-order valence-corrected chi connectivity index (χ1v) is 6.76. The molecule has 1 aromatic heterocycles. The van der Waals surface area contributed by atoms with Crippen LogP contribution in [0, 0.1) is 5.92 Å². The van der Waals surface area contributed by atoms with Crippen molar-refractivity contribution in [1.82, 2.24) is 5.32 Å². The van der Waals surface area contributed by atoms with Gasteiger partial charge in [-0.25, -0.2) is 0 Å². The molecule has 0 spiro atoms. The van der Waals surface area contributed by atoms with E-state index in [1.165, 1.54) is 5.38 Å². The van der Waals surface area contributed by atoms with Gasteiger partial charge in [0.15, 0.2) is 0 Å². The lowest BCUT2D eigenvalue weighted by Gasteiger charge is -2.20. The summed E-state index contributed by atoms with van der Waals surface area (Å²) in [5.41, 5.74) is 0.0933. The molecule has 2 rings (SSSR count). The molecule has 1 nitrogen and oxygen atoms in total. The van der Waals surface area contributed by atoms with Crippen molar-refractivity contribution in [3.63, 3.8) is 0 Å². The average molecular weight is 263 g/mol. The first kappa shape index (κ1) is 12.9. The van der Waals surface area contributed by atoms with E-state index in [1.807, 2.05) is 7.05 Å². The van der Waals surface area contributed by atoms with Gasteiger partial charge in [-0.3, -0.25) is 0 Å². The molecule has 1 fully saturated rings. The number of rotatable bonds is 3. The van der Waals surface area contributed by atoms with Gasteiger partial charge in [0.2, 0.25) is 0 Å². The lowest BCUT2D eigenvalue weighted by Crippen LogP contribution is -2.22. The minimum absolute atomic E-state index is 0.0744. The molecule has 0 bridgehead atoms. The first-order chi connectivity index (χ1) is 8.04. The number of nitrogens with one attached hydrogen (secondary N) is 1. The van der Waals surface area contributed by atoms with Gasteiger partial charge >= 0.3 is 6.18 Å². The molecule has 0 aliphatic heterocycles. The third-order valence-electron chi connectivity index (χ3n) is 3.52. The summed E-state index contributed by atoms with van der Waals surface area (Å²) in [4.78, 5) is 0. The van der Waals surface area contributed by atoms with Gasteiger partial charge in [0.05, 0.1) is 5.56 Å². The zero-order valence-corrected chi connectivity index (χ0v) is 10.5. The lowest BCUT2D eigenvalue weighted by molar-refractivity contribution is -0.138. The van der Waals surface area contributed by atoms with Gasteiger partial charge in [-0.1, -0.05) is 6.42 Å². The summed E-state index contributed by atoms with van der Waals surface area (Å²) in [5, 5.41) is 6.00. The molecule has 96 valence electrons. The molecule has 17 heavy (non-hydrogen) atoms. The molecular formula is C12H16F3NS. The van der Waals surface area contributed by atoms with Crippen LogP contribution in [0.2, 0.25) is 0 Å². The molecule has 1 saturated carbocycles. The Morgan fingerprint density at radius 2 is 2.12 bits per heavy atom. The zero-order valence-electron chi connectivity index (χ0n) is 9.68. The highest BCUT2D eigenvalue weighted by molar-refractivity contribution is 7.08. The molecule has 0 aromatic carbocycles. The Hall–Kier alpha value is -0.550. The molecule has 1 aromatic rings. The monoisotopic (exact) mass is 263 g/mol. The molecular weight excluding hydrogens is 247 g/mol. The molecule has 0 saturated heterocycles. The van der Waals surface area contributed by atoms with Crippen LogP contribution in [0.25, 0.3) is 0 Å². The maximum absolute atomic E-state index is 12.8. The van der Waals surface area contributed by atoms with Gasteiger partial charge in [-0.2, -0.15) is 24.5 Å². The quantitative estimate of drug-likeness (QED) is 0.873. The summed E-state index contributed by atoms with van der Waals surface area (Å²) in [6.45, 7) is 0.803. The second kappa shape index (κ2) is 4.98. The maximum Gasteiger partial charge on any atom is 0.417 e. The lowest BCUT2D eigenvalue weighted by atomic mass is 9.88. The van der Waals surface area contributed by atoms with E-state index in [9.17, 15) is 13.2 Å². The fourth-order valence-electron chi connectivity index (χ4n) is 2.78. The molecule has 0 amide bonds. The third kappa shape index (κ3) is 2.65. The van der Waals surface area contributed by atoms with Crippen LogP contribution < -0.4 is 5.32 Å². The SMILES string of the molecule is CNCC1CCCC1c1cscc1C(F)(F)F. The van der Waals surface area contributed by atoms with Crippen LogP contribution in [-0.2, 0) is 6.18 Å². The third-order valence-corrected chi connectivity index (χ3v) is 4.28. The van der Waals surface area contributed by atoms with Crippen LogP contribution >= 0.6 is 11.3 Å². The largest absolute Gasteiger partial charge is 0.417 e. The van der Waals surface area contributed by atoms with Crippen LogP contribution in [0.3, 0.4) is 0 Å². The molecule has 2 atom stereocenters. The average Bonchev–Trinajstić information content (AvgIpc) is 2.82. The summed E-state index contributed by atoms with van der Waals surface area (Å²) in [5.74, 6) is 0.418. The number of hydrogen-bond acceptors (Lipinski definition) is 2. The predicted octanol–water partition coefficient (Wildman–Crippen LogP) is 3.87. The van der Waals surface area contributed by atoms with Gasteiger partial charge in [0.1, 0.15) is 0 Å². The highest BCUT2D eigenvalue weighted by atomic mass is 32.1. The normalized spacial score (nSPS) is 25.4. The Morgan fingerprint density at radius 1 is 1.35 bits per heavy atom. The number of alkyl halides is 3. The summed E-state index contributed by atoms with van der Waals surface area (Å²) in [6.07, 6.45) is -1.27. The Morgan fingerprint density at radius 3 is 2.76 bits per heavy atom. The molecule has 5 heteroatoms. The van der Waals surface area contributed by atoms with Crippen LogP contribution in [0.4, 0.5) is 13.2 Å². The Labute approximate surface area is 103 Å². The van der Waals surface area contributed by atoms with Crippen LogP contribution in [0.1, 0.15) is 36.3 Å². The highest BCUT2D eigenvalue weighted by Gasteiger charge is 2.39. The van der Waals surface area contributed by atoms with Crippen LogP contribution in [0.5, 0.6) is 0 Å². The summed E-state index contributed by atoms with van der Waals surface area (Å²) >= 11 is 1.16. The molecule has 1 N–H and O–H groups in total. The minimum Gasteiger partial charge on any atom is -0.319 e. The molecule has 1 aliphatic carbocycles. The number of hydrogen-bond donors (Lipinski definition) is 1. The zero-order chi connectivity index (χ0) is 12.5. The van der Waals surface area contributed by atoms with E-state index in [-0.39, 0.29) is 5.92 Å². The molecule has 2 unspecified atom stereocenters. The second-order valence-electron chi connectivity index (χ2n) is 4.59. The van der Waals surface area contributed by atoms with Crippen molar-refractivity contribution in [2.75, 3.05) is 13.6 Å². The molecule has 1 aliphatic rings. The van der Waals surface area contributed by atoms with E-state index >= 15 is 0 Å². The second-order valence-corrected chi connectivity index (χ2v) is 5.34. The van der Waals surface area contributed by atoms with Crippen LogP contribution in [0.15, 0.2) is 10.8 Å². The maximum atomic E-state index is 12.8. The van der Waals surface area contributed by atoms with Crippen molar-refractivity contribution in [3.8, 4) is 0 Å². The molecule has 1 heterocycles. The van der Waals surface area contributed by atoms with Gasteiger partial charge in [-0.05, 0) is 49.2 Å². The van der Waals surface area contributed by atoms with E-state index in [4.69, 9.17) is 0 Å². The van der Waals surface area contributed by atoms with E-state index in [0.717, 1.165) is 37.1 Å². The summed E-state index contributed by atoms with van der Waals surface area (Å²) < 4.78 is 38.5. The van der Waals surface area contributed by atoms with E-state index < -0.39 is 11.7 Å². The van der Waals surface area contributed by atoms with E-state index in [1.54, 1.807) is 5.38 Å². The van der Waals surface area contributed by atoms with Crippen molar-refractivity contribution < 1.29 is 13.2 Å². The number of thiophene rings is 1. The summed E-state index contributed by atoms with van der Waals surface area (Å²) in [6, 6.07) is 0. The minimum atomic E-state index is -4.21. The smallest absolute Gasteiger partial charge is 0.319 e. The Kier molecular flexibility index (Phi) is 3.78. The van der Waals surface area contributed by atoms with E-state index in [0.29, 0.717) is 11.5 Å². The van der Waals surface area contributed by atoms with Crippen molar-refractivity contribution in [2.45, 2.75) is 31.4 Å². The van der Waals surface area contributed by atoms with Gasteiger partial charge in [0.25, 0.3) is 0 Å². The van der Waals surface area contributed by atoms with Gasteiger partial charge in [-0.15, -0.1) is 0 Å². The van der Waals surface area contributed by atoms with Gasteiger partial charge < -0.3 is 5.32 Å². The predicted molar refractivity (Wildman–Crippen MR) is 63.3 cm³/mol. The Balaban J connectivity index is 2.25. The summed E-state index contributed by atoms with van der Waals surface area (Å²) in [7, 11) is 1.85. The highest BCUT2D eigenvalue weighted by Crippen LogP contribution is 2.45. The van der Waals surface area contributed by atoms with Gasteiger partial charge in [0, 0.05) is 5.38 Å². The van der Waals surface area contributed by atoms with Crippen molar-refractivity contribution >= 4 is 11.3 Å². The van der Waals surface area contributed by atoms with Crippen molar-refractivity contribution in [3.05, 3.63) is 21.9 Å². The van der Waals surface area contributed by atoms with Crippen molar-refractivity contribution in [2.24, 2.45) is 5.92 Å².